The zero-order chi connectivity index (χ0) is 8.55. The summed E-state index contributed by atoms with van der Waals surface area (Å²) in [5.41, 5.74) is 2.38. The third kappa shape index (κ3) is 2.71. The van der Waals surface area contributed by atoms with E-state index >= 15 is 0 Å². The third-order valence-corrected chi connectivity index (χ3v) is 2.03. The van der Waals surface area contributed by atoms with Crippen molar-refractivity contribution in [1.82, 2.24) is 0 Å². The number of halogens is 1. The molecule has 1 atom stereocenters. The van der Waals surface area contributed by atoms with Crippen LogP contribution in [0.5, 0.6) is 0 Å². The van der Waals surface area contributed by atoms with Gasteiger partial charge in [0.1, 0.15) is 0 Å². The Morgan fingerprint density at radius 1 is 1.43 bits per heavy atom. The van der Waals surface area contributed by atoms with Crippen LogP contribution in [-0.4, -0.2) is 0 Å². The Hall–Kier alpha value is -0.0669. The summed E-state index contributed by atoms with van der Waals surface area (Å²) < 4.78 is 5.30. The predicted octanol–water partition coefficient (Wildman–Crippen LogP) is 3.48. The van der Waals surface area contributed by atoms with Crippen LogP contribution >= 0.6 is 12.4 Å². The van der Waals surface area contributed by atoms with Gasteiger partial charge in [0.2, 0.25) is 0 Å². The molecule has 0 aromatic carbocycles. The minimum absolute atomic E-state index is 0. The van der Waals surface area contributed by atoms with Gasteiger partial charge in [-0.15, -0.1) is 18.5 Å². The van der Waals surface area contributed by atoms with Crippen LogP contribution in [0.2, 0.25) is 0 Å². The monoisotopic (exact) mass is 285 g/mol. The average molecular weight is 287 g/mol. The molecule has 0 N–H and O–H groups in total. The van der Waals surface area contributed by atoms with Crippen molar-refractivity contribution in [2.75, 3.05) is 0 Å². The predicted molar refractivity (Wildman–Crippen MR) is 55.5 cm³/mol. The quantitative estimate of drug-likeness (QED) is 0.721. The molecule has 0 amide bonds. The first kappa shape index (κ1) is 13.9. The van der Waals surface area contributed by atoms with Crippen LogP contribution in [0.25, 0.3) is 5.57 Å². The molecule has 0 fully saturated rings. The van der Waals surface area contributed by atoms with Crippen LogP contribution in [0.4, 0.5) is 0 Å². The fraction of sp³-hybridized carbons (Fsp3) is 0.273. The molecular formula is C11H12ClOZr-. The molecule has 14 heavy (non-hydrogen) atoms. The van der Waals surface area contributed by atoms with Crippen LogP contribution < -0.4 is 0 Å². The first-order valence-corrected chi connectivity index (χ1v) is 4.13. The number of allylic oxidation sites excluding steroid dienone is 4. The average Bonchev–Trinajstić information content (AvgIpc) is 2.58. The van der Waals surface area contributed by atoms with Gasteiger partial charge in [-0.2, -0.15) is 17.2 Å². The van der Waals surface area contributed by atoms with Gasteiger partial charge in [0.05, 0.1) is 6.26 Å². The van der Waals surface area contributed by atoms with Gasteiger partial charge in [-0.3, -0.25) is 0 Å². The van der Waals surface area contributed by atoms with E-state index in [0.717, 1.165) is 11.3 Å². The van der Waals surface area contributed by atoms with E-state index < -0.39 is 0 Å². The molecule has 0 bridgehead atoms. The Kier molecular flexibility index (Phi) is 5.70. The molecular weight excluding hydrogens is 275 g/mol. The molecule has 1 aliphatic carbocycles. The largest absolute Gasteiger partial charge is 0.523 e. The summed E-state index contributed by atoms with van der Waals surface area (Å²) in [7, 11) is 0. The Balaban J connectivity index is 0.000000845. The van der Waals surface area contributed by atoms with Crippen LogP contribution in [-0.2, 0) is 26.2 Å². The molecule has 1 unspecified atom stereocenters. The van der Waals surface area contributed by atoms with Gasteiger partial charge in [0, 0.05) is 32.0 Å². The number of hydrogen-bond acceptors (Lipinski definition) is 1. The van der Waals surface area contributed by atoms with Crippen molar-refractivity contribution in [3.8, 4) is 0 Å². The molecule has 0 aliphatic heterocycles. The molecule has 2 rings (SSSR count). The molecule has 3 heteroatoms. The molecule has 1 aromatic rings. The van der Waals surface area contributed by atoms with Crippen molar-refractivity contribution in [2.24, 2.45) is 5.92 Å². The molecule has 0 spiro atoms. The number of furan rings is 1. The van der Waals surface area contributed by atoms with Crippen LogP contribution in [0.1, 0.15) is 19.6 Å². The fourth-order valence-corrected chi connectivity index (χ4v) is 1.53. The second-order valence-electron chi connectivity index (χ2n) is 3.13. The van der Waals surface area contributed by atoms with Crippen molar-refractivity contribution in [2.45, 2.75) is 13.8 Å². The summed E-state index contributed by atoms with van der Waals surface area (Å²) in [6, 6.07) is 3.87. The molecule has 1 nitrogen and oxygen atoms in total. The van der Waals surface area contributed by atoms with E-state index in [1.54, 1.807) is 6.26 Å². The summed E-state index contributed by atoms with van der Waals surface area (Å²) >= 11 is 0. The molecule has 0 saturated carbocycles. The summed E-state index contributed by atoms with van der Waals surface area (Å²) in [6.07, 6.45) is 7.22. The van der Waals surface area contributed by atoms with Crippen LogP contribution in [0, 0.1) is 12.0 Å². The van der Waals surface area contributed by atoms with Gasteiger partial charge >= 0.3 is 0 Å². The van der Waals surface area contributed by atoms with Crippen molar-refractivity contribution in [3.05, 3.63) is 41.9 Å². The zero-order valence-corrected chi connectivity index (χ0v) is 11.5. The Labute approximate surface area is 110 Å². The topological polar surface area (TPSA) is 13.1 Å². The fourth-order valence-electron chi connectivity index (χ4n) is 1.53. The summed E-state index contributed by atoms with van der Waals surface area (Å²) in [5.74, 6) is 1.35. The molecule has 74 valence electrons. The molecule has 0 radical (unpaired) electrons. The molecule has 1 heterocycles. The van der Waals surface area contributed by atoms with E-state index in [2.05, 4.69) is 26.0 Å². The second kappa shape index (κ2) is 5.73. The standard InChI is InChI=1S/C11H11O.ClH.Zr/c1-8-6-9(2)10(7-8)11-4-3-5-12-11;;/h3-6,8H,1-2H3;1H;/q-1;;. The maximum Gasteiger partial charge on any atom is 0.0725 e. The number of rotatable bonds is 1. The van der Waals surface area contributed by atoms with Gasteiger partial charge in [-0.25, -0.2) is 0 Å². The maximum absolute atomic E-state index is 5.30. The maximum atomic E-state index is 5.30. The summed E-state index contributed by atoms with van der Waals surface area (Å²) in [5, 5.41) is 0. The zero-order valence-electron chi connectivity index (χ0n) is 8.20. The van der Waals surface area contributed by atoms with Gasteiger partial charge in [-0.1, -0.05) is 25.8 Å². The first-order valence-electron chi connectivity index (χ1n) is 4.13. The summed E-state index contributed by atoms with van der Waals surface area (Å²) in [4.78, 5) is 0. The van der Waals surface area contributed by atoms with Gasteiger partial charge in [0.15, 0.2) is 0 Å². The van der Waals surface area contributed by atoms with E-state index in [4.69, 9.17) is 4.42 Å². The minimum Gasteiger partial charge on any atom is -0.523 e. The third-order valence-electron chi connectivity index (χ3n) is 2.03. The van der Waals surface area contributed by atoms with E-state index in [-0.39, 0.29) is 38.6 Å². The van der Waals surface area contributed by atoms with E-state index in [9.17, 15) is 0 Å². The van der Waals surface area contributed by atoms with Gasteiger partial charge in [-0.05, 0) is 6.07 Å². The smallest absolute Gasteiger partial charge is 0.0725 e. The van der Waals surface area contributed by atoms with Crippen LogP contribution in [0.15, 0.2) is 34.5 Å². The van der Waals surface area contributed by atoms with E-state index in [0.29, 0.717) is 5.92 Å². The molecule has 1 aromatic heterocycles. The van der Waals surface area contributed by atoms with Crippen molar-refractivity contribution < 1.29 is 30.6 Å². The van der Waals surface area contributed by atoms with Crippen molar-refractivity contribution >= 4 is 18.0 Å². The molecule has 1 aliphatic rings. The van der Waals surface area contributed by atoms with Gasteiger partial charge in [0.25, 0.3) is 0 Å². The van der Waals surface area contributed by atoms with E-state index in [1.165, 1.54) is 5.57 Å². The minimum atomic E-state index is 0. The van der Waals surface area contributed by atoms with E-state index in [1.807, 2.05) is 12.1 Å². The van der Waals surface area contributed by atoms with Gasteiger partial charge < -0.3 is 4.42 Å². The first-order chi connectivity index (χ1) is 5.77. The molecule has 0 saturated heterocycles. The summed E-state index contributed by atoms with van der Waals surface area (Å²) in [6.45, 7) is 4.22. The van der Waals surface area contributed by atoms with Crippen molar-refractivity contribution in [3.63, 3.8) is 0 Å². The number of hydrogen-bond donors (Lipinski definition) is 0. The van der Waals surface area contributed by atoms with Crippen molar-refractivity contribution in [1.29, 1.82) is 0 Å². The Morgan fingerprint density at radius 3 is 2.57 bits per heavy atom. The normalized spacial score (nSPS) is 19.1. The van der Waals surface area contributed by atoms with Crippen LogP contribution in [0.3, 0.4) is 0 Å². The Bertz CT molecular complexity index is 338. The SMILES string of the molecule is CC1=CC(C)[C-]=C1c1ccco1.Cl.[Zr]. The Morgan fingerprint density at radius 2 is 2.14 bits per heavy atom. The second-order valence-corrected chi connectivity index (χ2v) is 3.13.